The Hall–Kier alpha value is -0.710. The SMILES string of the molecule is CSc1ccc(Cl)c(C(=O)NC[C@@H]2CO2)c1. The molecule has 1 N–H and O–H groups in total. The van der Waals surface area contributed by atoms with E-state index < -0.39 is 0 Å². The van der Waals surface area contributed by atoms with E-state index in [9.17, 15) is 4.79 Å². The van der Waals surface area contributed by atoms with E-state index in [2.05, 4.69) is 5.32 Å². The molecule has 1 saturated heterocycles. The van der Waals surface area contributed by atoms with Gasteiger partial charge in [0, 0.05) is 11.4 Å². The highest BCUT2D eigenvalue weighted by Gasteiger charge is 2.23. The molecule has 16 heavy (non-hydrogen) atoms. The van der Waals surface area contributed by atoms with Gasteiger partial charge in [0.25, 0.3) is 5.91 Å². The highest BCUT2D eigenvalue weighted by molar-refractivity contribution is 7.98. The number of epoxide rings is 1. The summed E-state index contributed by atoms with van der Waals surface area (Å²) in [7, 11) is 0. The van der Waals surface area contributed by atoms with Gasteiger partial charge >= 0.3 is 0 Å². The van der Waals surface area contributed by atoms with Crippen molar-refractivity contribution in [1.29, 1.82) is 0 Å². The van der Waals surface area contributed by atoms with Gasteiger partial charge in [-0.3, -0.25) is 4.79 Å². The second kappa shape index (κ2) is 5.08. The number of nitrogens with one attached hydrogen (secondary N) is 1. The Labute approximate surface area is 104 Å². The first-order valence-corrected chi connectivity index (χ1v) is 6.54. The van der Waals surface area contributed by atoms with Crippen molar-refractivity contribution in [2.45, 2.75) is 11.0 Å². The van der Waals surface area contributed by atoms with Crippen LogP contribution < -0.4 is 5.32 Å². The summed E-state index contributed by atoms with van der Waals surface area (Å²) in [6, 6.07) is 5.44. The van der Waals surface area contributed by atoms with Crippen molar-refractivity contribution in [3.63, 3.8) is 0 Å². The second-order valence-corrected chi connectivity index (χ2v) is 4.80. The van der Waals surface area contributed by atoms with Gasteiger partial charge in [0.15, 0.2) is 0 Å². The third-order valence-electron chi connectivity index (χ3n) is 2.31. The fraction of sp³-hybridized carbons (Fsp3) is 0.364. The van der Waals surface area contributed by atoms with Crippen LogP contribution in [0.4, 0.5) is 0 Å². The van der Waals surface area contributed by atoms with Crippen LogP contribution in [0, 0.1) is 0 Å². The molecule has 1 amide bonds. The van der Waals surface area contributed by atoms with Crippen molar-refractivity contribution in [3.05, 3.63) is 28.8 Å². The first-order valence-electron chi connectivity index (χ1n) is 4.94. The summed E-state index contributed by atoms with van der Waals surface area (Å²) >= 11 is 7.56. The Kier molecular flexibility index (Phi) is 3.74. The zero-order chi connectivity index (χ0) is 11.5. The summed E-state index contributed by atoms with van der Waals surface area (Å²) in [5.41, 5.74) is 0.522. The van der Waals surface area contributed by atoms with E-state index in [4.69, 9.17) is 16.3 Å². The van der Waals surface area contributed by atoms with E-state index in [0.717, 1.165) is 11.5 Å². The van der Waals surface area contributed by atoms with E-state index in [-0.39, 0.29) is 12.0 Å². The maximum atomic E-state index is 11.8. The highest BCUT2D eigenvalue weighted by atomic mass is 35.5. The van der Waals surface area contributed by atoms with Crippen LogP contribution in [0.1, 0.15) is 10.4 Å². The molecule has 1 heterocycles. The number of benzene rings is 1. The maximum Gasteiger partial charge on any atom is 0.252 e. The molecule has 2 rings (SSSR count). The lowest BCUT2D eigenvalue weighted by Crippen LogP contribution is -2.27. The monoisotopic (exact) mass is 257 g/mol. The summed E-state index contributed by atoms with van der Waals surface area (Å²) in [5, 5.41) is 3.27. The first kappa shape index (κ1) is 11.8. The summed E-state index contributed by atoms with van der Waals surface area (Å²) in [6.07, 6.45) is 2.15. The van der Waals surface area contributed by atoms with E-state index in [0.29, 0.717) is 17.1 Å². The van der Waals surface area contributed by atoms with Gasteiger partial charge in [-0.15, -0.1) is 11.8 Å². The van der Waals surface area contributed by atoms with E-state index in [1.165, 1.54) is 0 Å². The molecular weight excluding hydrogens is 246 g/mol. The van der Waals surface area contributed by atoms with Gasteiger partial charge in [0.2, 0.25) is 0 Å². The quantitative estimate of drug-likeness (QED) is 0.664. The van der Waals surface area contributed by atoms with Crippen molar-refractivity contribution >= 4 is 29.3 Å². The molecule has 3 nitrogen and oxygen atoms in total. The lowest BCUT2D eigenvalue weighted by atomic mass is 10.2. The predicted molar refractivity (Wildman–Crippen MR) is 65.3 cm³/mol. The lowest BCUT2D eigenvalue weighted by molar-refractivity contribution is 0.0950. The molecule has 1 atom stereocenters. The van der Waals surface area contributed by atoms with Gasteiger partial charge in [0.1, 0.15) is 0 Å². The summed E-state index contributed by atoms with van der Waals surface area (Å²) in [6.45, 7) is 1.29. The van der Waals surface area contributed by atoms with Crippen molar-refractivity contribution in [3.8, 4) is 0 Å². The van der Waals surface area contributed by atoms with Gasteiger partial charge in [-0.2, -0.15) is 0 Å². The molecule has 0 aliphatic carbocycles. The first-order chi connectivity index (χ1) is 7.70. The molecule has 1 aliphatic heterocycles. The van der Waals surface area contributed by atoms with E-state index in [1.807, 2.05) is 12.3 Å². The molecular formula is C11H12ClNO2S. The Bertz CT molecular complexity index is 407. The number of carbonyl (C=O) groups is 1. The van der Waals surface area contributed by atoms with Gasteiger partial charge in [-0.05, 0) is 24.5 Å². The summed E-state index contributed by atoms with van der Waals surface area (Å²) in [4.78, 5) is 12.8. The number of carbonyl (C=O) groups excluding carboxylic acids is 1. The van der Waals surface area contributed by atoms with Crippen molar-refractivity contribution in [2.24, 2.45) is 0 Å². The lowest BCUT2D eigenvalue weighted by Gasteiger charge is -2.06. The molecule has 0 unspecified atom stereocenters. The zero-order valence-electron chi connectivity index (χ0n) is 8.83. The minimum absolute atomic E-state index is 0.142. The molecule has 0 radical (unpaired) electrons. The van der Waals surface area contributed by atoms with Crippen LogP contribution in [0.2, 0.25) is 5.02 Å². The normalized spacial score (nSPS) is 18.2. The molecule has 0 bridgehead atoms. The average molecular weight is 258 g/mol. The second-order valence-electron chi connectivity index (χ2n) is 3.51. The number of hydrogen-bond donors (Lipinski definition) is 1. The van der Waals surface area contributed by atoms with Crippen molar-refractivity contribution < 1.29 is 9.53 Å². The Morgan fingerprint density at radius 3 is 3.06 bits per heavy atom. The Morgan fingerprint density at radius 2 is 2.44 bits per heavy atom. The van der Waals surface area contributed by atoms with Crippen LogP contribution >= 0.6 is 23.4 Å². The van der Waals surface area contributed by atoms with Crippen LogP contribution in [-0.2, 0) is 4.74 Å². The number of thioether (sulfide) groups is 1. The van der Waals surface area contributed by atoms with Crippen LogP contribution in [0.15, 0.2) is 23.1 Å². The molecule has 1 aromatic rings. The number of amides is 1. The molecule has 86 valence electrons. The molecule has 5 heteroatoms. The Morgan fingerprint density at radius 1 is 1.69 bits per heavy atom. The molecule has 1 fully saturated rings. The molecule has 0 saturated carbocycles. The van der Waals surface area contributed by atoms with Crippen molar-refractivity contribution in [2.75, 3.05) is 19.4 Å². The third-order valence-corrected chi connectivity index (χ3v) is 3.37. The maximum absolute atomic E-state index is 11.8. The number of halogens is 1. The number of hydrogen-bond acceptors (Lipinski definition) is 3. The van der Waals surface area contributed by atoms with Crippen LogP contribution in [0.5, 0.6) is 0 Å². The van der Waals surface area contributed by atoms with Crippen LogP contribution in [-0.4, -0.2) is 31.4 Å². The van der Waals surface area contributed by atoms with E-state index in [1.54, 1.807) is 23.9 Å². The van der Waals surface area contributed by atoms with Crippen LogP contribution in [0.25, 0.3) is 0 Å². The van der Waals surface area contributed by atoms with Crippen LogP contribution in [0.3, 0.4) is 0 Å². The average Bonchev–Trinajstić information content (AvgIpc) is 3.10. The van der Waals surface area contributed by atoms with Gasteiger partial charge in [-0.1, -0.05) is 11.6 Å². The smallest absolute Gasteiger partial charge is 0.252 e. The topological polar surface area (TPSA) is 41.6 Å². The largest absolute Gasteiger partial charge is 0.371 e. The van der Waals surface area contributed by atoms with Gasteiger partial charge in [-0.25, -0.2) is 0 Å². The predicted octanol–water partition coefficient (Wildman–Crippen LogP) is 2.19. The minimum Gasteiger partial charge on any atom is -0.371 e. The summed E-state index contributed by atoms with van der Waals surface area (Å²) in [5.74, 6) is -0.142. The Balaban J connectivity index is 2.07. The van der Waals surface area contributed by atoms with E-state index >= 15 is 0 Å². The molecule has 0 aromatic heterocycles. The standard InChI is InChI=1S/C11H12ClNO2S/c1-16-8-2-3-10(12)9(4-8)11(14)13-5-7-6-15-7/h2-4,7H,5-6H2,1H3,(H,13,14)/t7-/m1/s1. The van der Waals surface area contributed by atoms with Gasteiger partial charge < -0.3 is 10.1 Å². The fourth-order valence-electron chi connectivity index (χ4n) is 1.29. The number of rotatable bonds is 4. The number of ether oxygens (including phenoxy) is 1. The molecule has 1 aromatic carbocycles. The van der Waals surface area contributed by atoms with Crippen molar-refractivity contribution in [1.82, 2.24) is 5.32 Å². The minimum atomic E-state index is -0.142. The molecule has 0 spiro atoms. The fourth-order valence-corrected chi connectivity index (χ4v) is 1.94. The highest BCUT2D eigenvalue weighted by Crippen LogP contribution is 2.23. The summed E-state index contributed by atoms with van der Waals surface area (Å²) < 4.78 is 5.02. The third kappa shape index (κ3) is 2.90. The molecule has 1 aliphatic rings. The van der Waals surface area contributed by atoms with Gasteiger partial charge in [0.05, 0.1) is 23.3 Å². The zero-order valence-corrected chi connectivity index (χ0v) is 10.4.